The number of ether oxygens (including phenoxy) is 2. The summed E-state index contributed by atoms with van der Waals surface area (Å²) in [4.78, 5) is 0. The summed E-state index contributed by atoms with van der Waals surface area (Å²) in [6.45, 7) is 1.68. The maximum atomic E-state index is 13.0. The fourth-order valence-corrected chi connectivity index (χ4v) is 1.18. The third kappa shape index (κ3) is 2.02. The van der Waals surface area contributed by atoms with Crippen LogP contribution in [-0.2, 0) is 16.1 Å². The first-order valence-electron chi connectivity index (χ1n) is 4.49. The molecule has 2 rings (SSSR count). The van der Waals surface area contributed by atoms with Gasteiger partial charge in [-0.05, 0) is 17.7 Å². The summed E-state index contributed by atoms with van der Waals surface area (Å²) in [5, 5.41) is 0. The van der Waals surface area contributed by atoms with E-state index in [0.717, 1.165) is 5.56 Å². The SMILES string of the molecule is Nc1ccc(COC2COC2)cc1F. The molecule has 0 atom stereocenters. The lowest BCUT2D eigenvalue weighted by atomic mass is 10.2. The summed E-state index contributed by atoms with van der Waals surface area (Å²) in [5.41, 5.74) is 6.31. The minimum absolute atomic E-state index is 0.163. The number of rotatable bonds is 3. The largest absolute Gasteiger partial charge is 0.396 e. The molecule has 0 bridgehead atoms. The van der Waals surface area contributed by atoms with E-state index in [1.54, 1.807) is 12.1 Å². The molecule has 76 valence electrons. The number of nitrogen functional groups attached to an aromatic ring is 1. The van der Waals surface area contributed by atoms with Gasteiger partial charge in [-0.1, -0.05) is 6.07 Å². The Kier molecular flexibility index (Phi) is 2.65. The Hall–Kier alpha value is -1.13. The summed E-state index contributed by atoms with van der Waals surface area (Å²) in [6, 6.07) is 4.71. The summed E-state index contributed by atoms with van der Waals surface area (Å²) in [7, 11) is 0. The zero-order valence-electron chi connectivity index (χ0n) is 7.70. The highest BCUT2D eigenvalue weighted by molar-refractivity contribution is 5.41. The van der Waals surface area contributed by atoms with E-state index in [-0.39, 0.29) is 11.8 Å². The van der Waals surface area contributed by atoms with Crippen molar-refractivity contribution in [1.29, 1.82) is 0 Å². The fourth-order valence-electron chi connectivity index (χ4n) is 1.18. The van der Waals surface area contributed by atoms with E-state index in [9.17, 15) is 4.39 Å². The predicted octanol–water partition coefficient (Wildman–Crippen LogP) is 1.32. The van der Waals surface area contributed by atoms with Crippen molar-refractivity contribution in [3.63, 3.8) is 0 Å². The quantitative estimate of drug-likeness (QED) is 0.743. The minimum Gasteiger partial charge on any atom is -0.396 e. The molecule has 1 heterocycles. The number of nitrogens with two attached hydrogens (primary N) is 1. The molecule has 0 unspecified atom stereocenters. The number of hydrogen-bond donors (Lipinski definition) is 1. The van der Waals surface area contributed by atoms with E-state index < -0.39 is 5.82 Å². The zero-order chi connectivity index (χ0) is 9.97. The van der Waals surface area contributed by atoms with Gasteiger partial charge in [-0.2, -0.15) is 0 Å². The molecule has 1 fully saturated rings. The Balaban J connectivity index is 1.91. The highest BCUT2D eigenvalue weighted by atomic mass is 19.1. The van der Waals surface area contributed by atoms with Crippen LogP contribution in [0.3, 0.4) is 0 Å². The van der Waals surface area contributed by atoms with E-state index in [4.69, 9.17) is 15.2 Å². The highest BCUT2D eigenvalue weighted by Crippen LogP contribution is 2.14. The van der Waals surface area contributed by atoms with Crippen molar-refractivity contribution in [2.45, 2.75) is 12.7 Å². The van der Waals surface area contributed by atoms with Crippen molar-refractivity contribution < 1.29 is 13.9 Å². The van der Waals surface area contributed by atoms with Crippen LogP contribution in [0.2, 0.25) is 0 Å². The van der Waals surface area contributed by atoms with Gasteiger partial charge in [0, 0.05) is 0 Å². The van der Waals surface area contributed by atoms with Gasteiger partial charge in [-0.15, -0.1) is 0 Å². The highest BCUT2D eigenvalue weighted by Gasteiger charge is 2.18. The van der Waals surface area contributed by atoms with Gasteiger partial charge in [-0.25, -0.2) is 4.39 Å². The number of hydrogen-bond acceptors (Lipinski definition) is 3. The molecule has 1 aliphatic rings. The molecule has 0 amide bonds. The smallest absolute Gasteiger partial charge is 0.146 e. The van der Waals surface area contributed by atoms with Crippen LogP contribution in [0.4, 0.5) is 10.1 Å². The molecule has 0 aliphatic carbocycles. The number of benzene rings is 1. The van der Waals surface area contributed by atoms with Gasteiger partial charge in [0.05, 0.1) is 25.5 Å². The molecule has 3 nitrogen and oxygen atoms in total. The summed E-state index contributed by atoms with van der Waals surface area (Å²) in [5.74, 6) is -0.393. The molecule has 4 heteroatoms. The summed E-state index contributed by atoms with van der Waals surface area (Å²) < 4.78 is 23.4. The second kappa shape index (κ2) is 3.94. The average Bonchev–Trinajstić information content (AvgIpc) is 2.08. The van der Waals surface area contributed by atoms with Crippen LogP contribution in [0.25, 0.3) is 0 Å². The van der Waals surface area contributed by atoms with Gasteiger partial charge in [0.25, 0.3) is 0 Å². The molecule has 1 aliphatic heterocycles. The lowest BCUT2D eigenvalue weighted by molar-refractivity contribution is -0.135. The van der Waals surface area contributed by atoms with Crippen LogP contribution in [0.5, 0.6) is 0 Å². The van der Waals surface area contributed by atoms with Crippen LogP contribution in [0.1, 0.15) is 5.56 Å². The molecule has 1 saturated heterocycles. The fraction of sp³-hybridized carbons (Fsp3) is 0.400. The van der Waals surface area contributed by atoms with E-state index in [1.807, 2.05) is 0 Å². The molecule has 0 spiro atoms. The van der Waals surface area contributed by atoms with Gasteiger partial charge in [0.2, 0.25) is 0 Å². The average molecular weight is 197 g/mol. The van der Waals surface area contributed by atoms with E-state index in [1.165, 1.54) is 6.07 Å². The number of anilines is 1. The molecule has 1 aromatic carbocycles. The monoisotopic (exact) mass is 197 g/mol. The topological polar surface area (TPSA) is 44.5 Å². The van der Waals surface area contributed by atoms with Crippen molar-refractivity contribution in [3.05, 3.63) is 29.6 Å². The zero-order valence-corrected chi connectivity index (χ0v) is 7.70. The van der Waals surface area contributed by atoms with Gasteiger partial charge in [-0.3, -0.25) is 0 Å². The first kappa shape index (κ1) is 9.43. The van der Waals surface area contributed by atoms with Crippen molar-refractivity contribution in [2.24, 2.45) is 0 Å². The lowest BCUT2D eigenvalue weighted by Gasteiger charge is -2.25. The molecule has 2 N–H and O–H groups in total. The molecule has 0 saturated carbocycles. The van der Waals surface area contributed by atoms with Crippen molar-refractivity contribution >= 4 is 5.69 Å². The molecule has 14 heavy (non-hydrogen) atoms. The Morgan fingerprint density at radius 2 is 2.29 bits per heavy atom. The van der Waals surface area contributed by atoms with Crippen LogP contribution >= 0.6 is 0 Å². The Morgan fingerprint density at radius 3 is 2.86 bits per heavy atom. The van der Waals surface area contributed by atoms with Crippen LogP contribution in [0, 0.1) is 5.82 Å². The Morgan fingerprint density at radius 1 is 1.50 bits per heavy atom. The van der Waals surface area contributed by atoms with Crippen LogP contribution in [0.15, 0.2) is 18.2 Å². The lowest BCUT2D eigenvalue weighted by Crippen LogP contribution is -2.35. The Labute approximate surface area is 81.6 Å². The van der Waals surface area contributed by atoms with Gasteiger partial charge < -0.3 is 15.2 Å². The third-order valence-electron chi connectivity index (χ3n) is 2.16. The van der Waals surface area contributed by atoms with Crippen molar-refractivity contribution in [2.75, 3.05) is 18.9 Å². The van der Waals surface area contributed by atoms with Crippen molar-refractivity contribution in [1.82, 2.24) is 0 Å². The first-order chi connectivity index (χ1) is 6.75. The molecule has 0 radical (unpaired) electrons. The van der Waals surface area contributed by atoms with Gasteiger partial charge in [0.1, 0.15) is 11.9 Å². The van der Waals surface area contributed by atoms with Gasteiger partial charge >= 0.3 is 0 Å². The second-order valence-electron chi connectivity index (χ2n) is 3.33. The van der Waals surface area contributed by atoms with Gasteiger partial charge in [0.15, 0.2) is 0 Å². The number of halogens is 1. The third-order valence-corrected chi connectivity index (χ3v) is 2.16. The standard InChI is InChI=1S/C10H12FNO2/c11-9-3-7(1-2-10(9)12)4-14-8-5-13-6-8/h1-3,8H,4-6,12H2. The molecule has 0 aromatic heterocycles. The molecular formula is C10H12FNO2. The van der Waals surface area contributed by atoms with Crippen LogP contribution < -0.4 is 5.73 Å². The minimum atomic E-state index is -0.393. The summed E-state index contributed by atoms with van der Waals surface area (Å²) in [6.07, 6.45) is 0.163. The second-order valence-corrected chi connectivity index (χ2v) is 3.33. The first-order valence-corrected chi connectivity index (χ1v) is 4.49. The van der Waals surface area contributed by atoms with E-state index in [0.29, 0.717) is 19.8 Å². The molecular weight excluding hydrogens is 185 g/mol. The maximum Gasteiger partial charge on any atom is 0.146 e. The van der Waals surface area contributed by atoms with Crippen LogP contribution in [-0.4, -0.2) is 19.3 Å². The normalized spacial score (nSPS) is 16.6. The molecule has 1 aromatic rings. The summed E-state index contributed by atoms with van der Waals surface area (Å²) >= 11 is 0. The maximum absolute atomic E-state index is 13.0. The van der Waals surface area contributed by atoms with Crippen molar-refractivity contribution in [3.8, 4) is 0 Å². The predicted molar refractivity (Wildman–Crippen MR) is 50.2 cm³/mol. The van der Waals surface area contributed by atoms with E-state index >= 15 is 0 Å². The Bertz CT molecular complexity index is 326. The van der Waals surface area contributed by atoms with E-state index in [2.05, 4.69) is 0 Å².